The molecule has 0 saturated carbocycles. The molecule has 94 valence electrons. The van der Waals surface area contributed by atoms with Gasteiger partial charge in [0.1, 0.15) is 0 Å². The van der Waals surface area contributed by atoms with Crippen molar-refractivity contribution in [2.45, 2.75) is 19.8 Å². The lowest BCUT2D eigenvalue weighted by Gasteiger charge is -2.15. The molecular formula is C16H20N2. The average Bonchev–Trinajstić information content (AvgIpc) is 2.38. The van der Waals surface area contributed by atoms with Gasteiger partial charge in [-0.2, -0.15) is 0 Å². The van der Waals surface area contributed by atoms with Crippen molar-refractivity contribution in [2.75, 3.05) is 17.6 Å². The Morgan fingerprint density at radius 2 is 1.83 bits per heavy atom. The van der Waals surface area contributed by atoms with Gasteiger partial charge in [-0.15, -0.1) is 0 Å². The molecule has 3 N–H and O–H groups in total. The van der Waals surface area contributed by atoms with E-state index in [0.29, 0.717) is 5.92 Å². The summed E-state index contributed by atoms with van der Waals surface area (Å²) in [5.74, 6) is 0.489. The first-order chi connectivity index (χ1) is 8.66. The standard InChI is InChI=1S/C16H20N2/c1-12-10-15(17)8-9-16(12)18-11-13(2)14-6-4-3-5-7-14/h3-10,13,18H,11,17H2,1-2H3. The third-order valence-corrected chi connectivity index (χ3v) is 3.22. The largest absolute Gasteiger partial charge is 0.399 e. The van der Waals surface area contributed by atoms with E-state index in [1.165, 1.54) is 11.1 Å². The van der Waals surface area contributed by atoms with Crippen LogP contribution in [0.25, 0.3) is 0 Å². The van der Waals surface area contributed by atoms with E-state index >= 15 is 0 Å². The van der Waals surface area contributed by atoms with Crippen molar-refractivity contribution in [3.63, 3.8) is 0 Å². The summed E-state index contributed by atoms with van der Waals surface area (Å²) in [6.45, 7) is 5.23. The quantitative estimate of drug-likeness (QED) is 0.798. The first-order valence-electron chi connectivity index (χ1n) is 6.32. The van der Waals surface area contributed by atoms with Gasteiger partial charge in [0.15, 0.2) is 0 Å². The molecule has 0 heterocycles. The summed E-state index contributed by atoms with van der Waals surface area (Å²) in [6, 6.07) is 16.5. The second kappa shape index (κ2) is 5.58. The van der Waals surface area contributed by atoms with Crippen LogP contribution in [0.3, 0.4) is 0 Å². The van der Waals surface area contributed by atoms with Gasteiger partial charge in [0.2, 0.25) is 0 Å². The second-order valence-electron chi connectivity index (χ2n) is 4.77. The van der Waals surface area contributed by atoms with Crippen molar-refractivity contribution in [2.24, 2.45) is 0 Å². The molecule has 0 aliphatic carbocycles. The second-order valence-corrected chi connectivity index (χ2v) is 4.77. The van der Waals surface area contributed by atoms with Gasteiger partial charge in [-0.25, -0.2) is 0 Å². The zero-order chi connectivity index (χ0) is 13.0. The van der Waals surface area contributed by atoms with Crippen molar-refractivity contribution in [1.29, 1.82) is 0 Å². The summed E-state index contributed by atoms with van der Waals surface area (Å²) in [7, 11) is 0. The Labute approximate surface area is 109 Å². The lowest BCUT2D eigenvalue weighted by molar-refractivity contribution is 0.804. The van der Waals surface area contributed by atoms with Gasteiger partial charge in [0.05, 0.1) is 0 Å². The smallest absolute Gasteiger partial charge is 0.0371 e. The molecule has 2 aromatic carbocycles. The maximum atomic E-state index is 5.75. The number of aryl methyl sites for hydroxylation is 1. The highest BCUT2D eigenvalue weighted by Crippen LogP contribution is 2.20. The van der Waals surface area contributed by atoms with Crippen LogP contribution in [-0.4, -0.2) is 6.54 Å². The highest BCUT2D eigenvalue weighted by Gasteiger charge is 2.05. The number of nitrogen functional groups attached to an aromatic ring is 1. The van der Waals surface area contributed by atoms with E-state index in [9.17, 15) is 0 Å². The number of hydrogen-bond acceptors (Lipinski definition) is 2. The van der Waals surface area contributed by atoms with Crippen molar-refractivity contribution < 1.29 is 0 Å². The Morgan fingerprint density at radius 3 is 2.50 bits per heavy atom. The van der Waals surface area contributed by atoms with Crippen molar-refractivity contribution in [1.82, 2.24) is 0 Å². The molecule has 2 heteroatoms. The molecule has 1 atom stereocenters. The molecule has 0 bridgehead atoms. The van der Waals surface area contributed by atoms with E-state index in [1.54, 1.807) is 0 Å². The Kier molecular flexibility index (Phi) is 3.88. The van der Waals surface area contributed by atoms with Crippen LogP contribution in [0, 0.1) is 6.92 Å². The number of hydrogen-bond donors (Lipinski definition) is 2. The van der Waals surface area contributed by atoms with E-state index in [4.69, 9.17) is 5.73 Å². The molecule has 0 saturated heterocycles. The third-order valence-electron chi connectivity index (χ3n) is 3.22. The summed E-state index contributed by atoms with van der Waals surface area (Å²) in [6.07, 6.45) is 0. The fraction of sp³-hybridized carbons (Fsp3) is 0.250. The minimum Gasteiger partial charge on any atom is -0.399 e. The summed E-state index contributed by atoms with van der Waals surface area (Å²) < 4.78 is 0. The molecule has 18 heavy (non-hydrogen) atoms. The first-order valence-corrected chi connectivity index (χ1v) is 6.32. The minimum atomic E-state index is 0.489. The van der Waals surface area contributed by atoms with Gasteiger partial charge >= 0.3 is 0 Å². The fourth-order valence-electron chi connectivity index (χ4n) is 2.05. The SMILES string of the molecule is Cc1cc(N)ccc1NCC(C)c1ccccc1. The maximum absolute atomic E-state index is 5.75. The van der Waals surface area contributed by atoms with E-state index in [-0.39, 0.29) is 0 Å². The molecule has 0 aliphatic rings. The van der Waals surface area contributed by atoms with Gasteiger partial charge in [0, 0.05) is 17.9 Å². The number of anilines is 2. The van der Waals surface area contributed by atoms with Crippen LogP contribution in [0.5, 0.6) is 0 Å². The van der Waals surface area contributed by atoms with Gasteiger partial charge in [-0.05, 0) is 42.2 Å². The highest BCUT2D eigenvalue weighted by atomic mass is 14.9. The molecule has 0 amide bonds. The fourth-order valence-corrected chi connectivity index (χ4v) is 2.05. The number of rotatable bonds is 4. The van der Waals surface area contributed by atoms with E-state index in [1.807, 2.05) is 24.3 Å². The molecule has 2 aromatic rings. The number of benzene rings is 2. The molecular weight excluding hydrogens is 220 g/mol. The van der Waals surface area contributed by atoms with Crippen LogP contribution in [0.4, 0.5) is 11.4 Å². The van der Waals surface area contributed by atoms with Crippen molar-refractivity contribution in [3.05, 3.63) is 59.7 Å². The van der Waals surface area contributed by atoms with Crippen LogP contribution < -0.4 is 11.1 Å². The average molecular weight is 240 g/mol. The zero-order valence-electron chi connectivity index (χ0n) is 11.0. The number of nitrogens with one attached hydrogen (secondary N) is 1. The topological polar surface area (TPSA) is 38.0 Å². The molecule has 2 nitrogen and oxygen atoms in total. The lowest BCUT2D eigenvalue weighted by Crippen LogP contribution is -2.10. The molecule has 1 unspecified atom stereocenters. The van der Waals surface area contributed by atoms with Gasteiger partial charge in [0.25, 0.3) is 0 Å². The van der Waals surface area contributed by atoms with E-state index in [0.717, 1.165) is 17.9 Å². The molecule has 0 aliphatic heterocycles. The van der Waals surface area contributed by atoms with Crippen LogP contribution in [0.2, 0.25) is 0 Å². The third kappa shape index (κ3) is 3.04. The molecule has 0 spiro atoms. The Morgan fingerprint density at radius 1 is 1.11 bits per heavy atom. The van der Waals surface area contributed by atoms with Crippen LogP contribution in [0.15, 0.2) is 48.5 Å². The van der Waals surface area contributed by atoms with Gasteiger partial charge < -0.3 is 11.1 Å². The summed E-state index contributed by atoms with van der Waals surface area (Å²) >= 11 is 0. The molecule has 0 aromatic heterocycles. The number of nitrogens with two attached hydrogens (primary N) is 1. The van der Waals surface area contributed by atoms with Crippen molar-refractivity contribution in [3.8, 4) is 0 Å². The summed E-state index contributed by atoms with van der Waals surface area (Å²) in [5.41, 5.74) is 10.3. The minimum absolute atomic E-state index is 0.489. The van der Waals surface area contributed by atoms with Gasteiger partial charge in [-0.3, -0.25) is 0 Å². The Bertz CT molecular complexity index is 506. The predicted molar refractivity (Wildman–Crippen MR) is 78.9 cm³/mol. The Hall–Kier alpha value is -1.96. The molecule has 2 rings (SSSR count). The van der Waals surface area contributed by atoms with Crippen LogP contribution in [0.1, 0.15) is 24.0 Å². The summed E-state index contributed by atoms with van der Waals surface area (Å²) in [5, 5.41) is 3.48. The first kappa shape index (κ1) is 12.5. The van der Waals surface area contributed by atoms with Crippen LogP contribution >= 0.6 is 0 Å². The molecule has 0 fully saturated rings. The predicted octanol–water partition coefficient (Wildman–Crippen LogP) is 3.79. The normalized spacial score (nSPS) is 12.1. The Balaban J connectivity index is 1.99. The monoisotopic (exact) mass is 240 g/mol. The maximum Gasteiger partial charge on any atom is 0.0371 e. The van der Waals surface area contributed by atoms with Crippen LogP contribution in [-0.2, 0) is 0 Å². The van der Waals surface area contributed by atoms with Crippen molar-refractivity contribution >= 4 is 11.4 Å². The molecule has 0 radical (unpaired) electrons. The highest BCUT2D eigenvalue weighted by molar-refractivity contribution is 5.57. The lowest BCUT2D eigenvalue weighted by atomic mass is 10.0. The van der Waals surface area contributed by atoms with Gasteiger partial charge in [-0.1, -0.05) is 37.3 Å². The summed E-state index contributed by atoms with van der Waals surface area (Å²) in [4.78, 5) is 0. The van der Waals surface area contributed by atoms with E-state index in [2.05, 4.69) is 43.4 Å². The zero-order valence-corrected chi connectivity index (χ0v) is 11.0. The van der Waals surface area contributed by atoms with E-state index < -0.39 is 0 Å².